The maximum atomic E-state index is 12.9. The number of hydrogen-bond donors (Lipinski definition) is 2. The molecule has 1 atom stereocenters. The molecule has 0 fully saturated rings. The Balaban J connectivity index is 2.24. The number of amides is 2. The molecule has 8 heteroatoms. The van der Waals surface area contributed by atoms with Crippen molar-refractivity contribution in [3.63, 3.8) is 0 Å². The fraction of sp³-hybridized carbons (Fsp3) is 0.417. The Bertz CT molecular complexity index is 907. The molecule has 32 heavy (non-hydrogen) atoms. The monoisotopic (exact) mass is 442 g/mol. The van der Waals surface area contributed by atoms with Gasteiger partial charge in [-0.3, -0.25) is 14.4 Å². The van der Waals surface area contributed by atoms with Crippen LogP contribution in [-0.2, 0) is 23.9 Å². The lowest BCUT2D eigenvalue weighted by Crippen LogP contribution is -2.32. The molecule has 2 rings (SSSR count). The van der Waals surface area contributed by atoms with Crippen LogP contribution in [0.2, 0.25) is 0 Å². The third kappa shape index (κ3) is 7.37. The highest BCUT2D eigenvalue weighted by atomic mass is 16.6. The molecule has 0 aromatic heterocycles. The minimum atomic E-state index is -0.806. The first-order valence-electron chi connectivity index (χ1n) is 10.7. The van der Waals surface area contributed by atoms with Gasteiger partial charge in [0.1, 0.15) is 6.10 Å². The molecular weight excluding hydrogens is 412 g/mol. The van der Waals surface area contributed by atoms with E-state index >= 15 is 0 Å². The highest BCUT2D eigenvalue weighted by Gasteiger charge is 2.29. The van der Waals surface area contributed by atoms with Crippen LogP contribution >= 0.6 is 0 Å². The molecule has 1 heterocycles. The molecule has 2 bridgehead atoms. The summed E-state index contributed by atoms with van der Waals surface area (Å²) >= 11 is 0. The van der Waals surface area contributed by atoms with E-state index in [4.69, 9.17) is 15.2 Å². The van der Waals surface area contributed by atoms with E-state index in [0.717, 1.165) is 31.8 Å². The molecule has 0 unspecified atom stereocenters. The Morgan fingerprint density at radius 1 is 1.12 bits per heavy atom. The average Bonchev–Trinajstić information content (AvgIpc) is 2.74. The van der Waals surface area contributed by atoms with Gasteiger partial charge in [0.15, 0.2) is 5.76 Å². The third-order valence-electron chi connectivity index (χ3n) is 5.15. The molecule has 3 N–H and O–H groups in total. The fourth-order valence-corrected chi connectivity index (χ4v) is 3.44. The molecule has 1 aliphatic heterocycles. The molecule has 2 amide bonds. The standard InChI is InChI=1S/C24H30N2O6/c1-16-11-9-10-13-17(32-24(25)30)12-7-5-3-4-6-8-14-18-21(28)19(26-23(16)29)15-20(27)22(18)31-2/h6,8-11,15,17H,3-5,7,12-14H2,1-2H3,(H2,25,30)(H,26,29)/b8-6+,10-9-,16-11+/t17-/m0/s1. The predicted molar refractivity (Wildman–Crippen MR) is 119 cm³/mol. The maximum Gasteiger partial charge on any atom is 0.404 e. The van der Waals surface area contributed by atoms with Crippen LogP contribution in [0.25, 0.3) is 0 Å². The van der Waals surface area contributed by atoms with Gasteiger partial charge in [0, 0.05) is 18.1 Å². The number of hydrogen-bond acceptors (Lipinski definition) is 6. The number of carbonyl (C=O) groups excluding carboxylic acids is 4. The van der Waals surface area contributed by atoms with Crippen LogP contribution in [0.4, 0.5) is 4.79 Å². The summed E-state index contributed by atoms with van der Waals surface area (Å²) in [5.41, 5.74) is 5.65. The van der Waals surface area contributed by atoms with E-state index in [0.29, 0.717) is 18.4 Å². The van der Waals surface area contributed by atoms with E-state index in [-0.39, 0.29) is 29.6 Å². The minimum Gasteiger partial charge on any atom is -0.492 e. The summed E-state index contributed by atoms with van der Waals surface area (Å²) in [5, 5.41) is 2.52. The lowest BCUT2D eigenvalue weighted by molar-refractivity contribution is -0.120. The van der Waals surface area contributed by atoms with Gasteiger partial charge < -0.3 is 20.5 Å². The second kappa shape index (κ2) is 12.4. The zero-order valence-electron chi connectivity index (χ0n) is 18.5. The maximum absolute atomic E-state index is 12.9. The number of Topliss-reactive ketones (excluding diaryl/α,β-unsaturated/α-hetero) is 1. The van der Waals surface area contributed by atoms with Gasteiger partial charge in [-0.1, -0.05) is 36.8 Å². The number of allylic oxidation sites excluding steroid dienone is 6. The van der Waals surface area contributed by atoms with Gasteiger partial charge in [0.05, 0.1) is 18.4 Å². The van der Waals surface area contributed by atoms with Crippen LogP contribution in [-0.4, -0.2) is 36.8 Å². The molecule has 1 aliphatic carbocycles. The van der Waals surface area contributed by atoms with E-state index < -0.39 is 23.6 Å². The SMILES string of the molecule is COC1=C2C/C=C/CCCCC[C@H](OC(N)=O)C/C=C\C=C(/C)C(=O)NC(=CC1=O)C2=O. The first-order chi connectivity index (χ1) is 15.3. The lowest BCUT2D eigenvalue weighted by atomic mass is 9.95. The van der Waals surface area contributed by atoms with Crippen LogP contribution < -0.4 is 11.1 Å². The van der Waals surface area contributed by atoms with Crippen molar-refractivity contribution in [3.05, 3.63) is 59.1 Å². The van der Waals surface area contributed by atoms with Crippen LogP contribution in [0.15, 0.2) is 59.1 Å². The Kier molecular flexibility index (Phi) is 9.66. The van der Waals surface area contributed by atoms with E-state index in [2.05, 4.69) is 5.32 Å². The molecular formula is C24H30N2O6. The summed E-state index contributed by atoms with van der Waals surface area (Å²) < 4.78 is 10.3. The van der Waals surface area contributed by atoms with Gasteiger partial charge in [0.25, 0.3) is 5.91 Å². The average molecular weight is 443 g/mol. The smallest absolute Gasteiger partial charge is 0.404 e. The molecule has 8 nitrogen and oxygen atoms in total. The Hall–Kier alpha value is -3.42. The summed E-state index contributed by atoms with van der Waals surface area (Å²) in [6, 6.07) is 0. The summed E-state index contributed by atoms with van der Waals surface area (Å²) in [5.74, 6) is -1.40. The number of primary amides is 1. The molecule has 172 valence electrons. The number of nitrogens with two attached hydrogens (primary N) is 1. The molecule has 0 spiro atoms. The summed E-state index contributed by atoms with van der Waals surface area (Å²) in [6.07, 6.45) is 13.7. The van der Waals surface area contributed by atoms with Crippen LogP contribution in [0.1, 0.15) is 51.9 Å². The zero-order valence-corrected chi connectivity index (χ0v) is 18.5. The van der Waals surface area contributed by atoms with Gasteiger partial charge in [0.2, 0.25) is 11.6 Å². The zero-order chi connectivity index (χ0) is 23.5. The lowest BCUT2D eigenvalue weighted by Gasteiger charge is -2.18. The summed E-state index contributed by atoms with van der Waals surface area (Å²) in [7, 11) is 1.34. The number of methoxy groups -OCH3 is 1. The summed E-state index contributed by atoms with van der Waals surface area (Å²) in [4.78, 5) is 48.9. The second-order valence-electron chi connectivity index (χ2n) is 7.60. The van der Waals surface area contributed by atoms with Crippen LogP contribution in [0, 0.1) is 0 Å². The third-order valence-corrected chi connectivity index (χ3v) is 5.15. The summed E-state index contributed by atoms with van der Waals surface area (Å²) in [6.45, 7) is 1.59. The number of ketones is 2. The van der Waals surface area contributed by atoms with Crippen molar-refractivity contribution >= 4 is 23.6 Å². The topological polar surface area (TPSA) is 125 Å². The molecule has 0 saturated heterocycles. The van der Waals surface area contributed by atoms with Gasteiger partial charge in [-0.2, -0.15) is 0 Å². The quantitative estimate of drug-likeness (QED) is 0.499. The van der Waals surface area contributed by atoms with Crippen molar-refractivity contribution in [3.8, 4) is 0 Å². The van der Waals surface area contributed by atoms with Crippen LogP contribution in [0.3, 0.4) is 0 Å². The highest BCUT2D eigenvalue weighted by molar-refractivity contribution is 6.23. The fourth-order valence-electron chi connectivity index (χ4n) is 3.44. The Morgan fingerprint density at radius 2 is 1.91 bits per heavy atom. The van der Waals surface area contributed by atoms with Gasteiger partial charge in [-0.05, 0) is 39.0 Å². The van der Waals surface area contributed by atoms with Crippen molar-refractivity contribution in [2.75, 3.05) is 7.11 Å². The van der Waals surface area contributed by atoms with Crippen molar-refractivity contribution in [1.29, 1.82) is 0 Å². The number of fused-ring (bicyclic) bond motifs is 2. The van der Waals surface area contributed by atoms with Crippen LogP contribution in [0.5, 0.6) is 0 Å². The number of carbonyl (C=O) groups is 4. The molecule has 2 aliphatic rings. The second-order valence-corrected chi connectivity index (χ2v) is 7.60. The van der Waals surface area contributed by atoms with Gasteiger partial charge in [-0.15, -0.1) is 0 Å². The van der Waals surface area contributed by atoms with Gasteiger partial charge in [-0.25, -0.2) is 4.79 Å². The number of rotatable bonds is 2. The van der Waals surface area contributed by atoms with Crippen molar-refractivity contribution in [2.24, 2.45) is 5.73 Å². The first kappa shape index (κ1) is 24.8. The Morgan fingerprint density at radius 3 is 2.62 bits per heavy atom. The normalized spacial score (nSPS) is 25.2. The van der Waals surface area contributed by atoms with E-state index in [1.807, 2.05) is 12.2 Å². The predicted octanol–water partition coefficient (Wildman–Crippen LogP) is 3.31. The Labute approximate surface area is 187 Å². The molecule has 0 aromatic carbocycles. The molecule has 0 saturated carbocycles. The van der Waals surface area contributed by atoms with E-state index in [1.165, 1.54) is 7.11 Å². The molecule has 0 aromatic rings. The largest absolute Gasteiger partial charge is 0.492 e. The van der Waals surface area contributed by atoms with Crippen molar-refractivity contribution in [1.82, 2.24) is 5.32 Å². The van der Waals surface area contributed by atoms with Crippen molar-refractivity contribution < 1.29 is 28.7 Å². The van der Waals surface area contributed by atoms with Gasteiger partial charge >= 0.3 is 6.09 Å². The first-order valence-corrected chi connectivity index (χ1v) is 10.7. The number of nitrogens with one attached hydrogen (secondary N) is 1. The highest BCUT2D eigenvalue weighted by Crippen LogP contribution is 2.22. The minimum absolute atomic E-state index is 0.000712. The van der Waals surface area contributed by atoms with E-state index in [1.54, 1.807) is 25.2 Å². The molecule has 0 radical (unpaired) electrons. The van der Waals surface area contributed by atoms with Crippen molar-refractivity contribution in [2.45, 2.75) is 58.0 Å². The number of ether oxygens (including phenoxy) is 2. The van der Waals surface area contributed by atoms with E-state index in [9.17, 15) is 19.2 Å².